The Hall–Kier alpha value is -3.36. The first-order valence-electron chi connectivity index (χ1n) is 6.89. The molecule has 2 aromatic rings. The van der Waals surface area contributed by atoms with E-state index in [0.717, 1.165) is 4.57 Å². The molecule has 0 fully saturated rings. The van der Waals surface area contributed by atoms with E-state index in [4.69, 9.17) is 10.5 Å². The Morgan fingerprint density at radius 3 is 2.33 bits per heavy atom. The van der Waals surface area contributed by atoms with Crippen LogP contribution in [0.5, 0.6) is 0 Å². The lowest BCUT2D eigenvalue weighted by atomic mass is 10.2. The van der Waals surface area contributed by atoms with Gasteiger partial charge < -0.3 is 15.8 Å². The summed E-state index contributed by atoms with van der Waals surface area (Å²) in [6, 6.07) is 6.42. The van der Waals surface area contributed by atoms with Crippen LogP contribution in [0.15, 0.2) is 39.9 Å². The highest BCUT2D eigenvalue weighted by Crippen LogP contribution is 2.11. The third-order valence-electron chi connectivity index (χ3n) is 3.36. The zero-order valence-electron chi connectivity index (χ0n) is 13.1. The predicted molar refractivity (Wildman–Crippen MR) is 85.7 cm³/mol. The number of urea groups is 1. The summed E-state index contributed by atoms with van der Waals surface area (Å²) in [5.41, 5.74) is 4.97. The van der Waals surface area contributed by atoms with Crippen LogP contribution in [0.1, 0.15) is 16.1 Å². The molecule has 3 N–H and O–H groups in total. The summed E-state index contributed by atoms with van der Waals surface area (Å²) >= 11 is 0. The van der Waals surface area contributed by atoms with Gasteiger partial charge in [-0.05, 0) is 24.3 Å². The predicted octanol–water partition coefficient (Wildman–Crippen LogP) is -0.0684. The van der Waals surface area contributed by atoms with Crippen molar-refractivity contribution >= 4 is 17.7 Å². The van der Waals surface area contributed by atoms with Gasteiger partial charge in [-0.2, -0.15) is 0 Å². The Morgan fingerprint density at radius 2 is 1.75 bits per heavy atom. The number of rotatable bonds is 4. The Balaban J connectivity index is 2.10. The van der Waals surface area contributed by atoms with Gasteiger partial charge in [-0.1, -0.05) is 0 Å². The van der Waals surface area contributed by atoms with Crippen LogP contribution in [0.3, 0.4) is 0 Å². The van der Waals surface area contributed by atoms with Crippen LogP contribution >= 0.6 is 0 Å². The van der Waals surface area contributed by atoms with E-state index >= 15 is 0 Å². The highest BCUT2D eigenvalue weighted by molar-refractivity contribution is 5.91. The monoisotopic (exact) mass is 332 g/mol. The van der Waals surface area contributed by atoms with E-state index in [0.29, 0.717) is 5.69 Å². The number of anilines is 1. The number of ether oxygens (including phenoxy) is 1. The van der Waals surface area contributed by atoms with E-state index < -0.39 is 23.2 Å². The second-order valence-corrected chi connectivity index (χ2v) is 5.02. The van der Waals surface area contributed by atoms with Crippen molar-refractivity contribution in [1.82, 2.24) is 9.13 Å². The molecule has 2 amide bonds. The molecule has 0 spiro atoms. The molecule has 1 aromatic heterocycles. The van der Waals surface area contributed by atoms with Gasteiger partial charge in [0.15, 0.2) is 0 Å². The van der Waals surface area contributed by atoms with Crippen LogP contribution in [0.25, 0.3) is 0 Å². The van der Waals surface area contributed by atoms with Crippen molar-refractivity contribution in [2.45, 2.75) is 6.61 Å². The Kier molecular flexibility index (Phi) is 4.83. The molecule has 1 heterocycles. The van der Waals surface area contributed by atoms with Crippen LogP contribution in [0, 0.1) is 0 Å². The van der Waals surface area contributed by atoms with Crippen molar-refractivity contribution in [2.75, 3.05) is 5.32 Å². The minimum Gasteiger partial charge on any atom is -0.456 e. The second kappa shape index (κ2) is 6.82. The molecule has 0 saturated carbocycles. The third-order valence-corrected chi connectivity index (χ3v) is 3.36. The third kappa shape index (κ3) is 3.69. The number of esters is 1. The molecule has 0 aliphatic heterocycles. The Morgan fingerprint density at radius 1 is 1.12 bits per heavy atom. The molecule has 0 saturated heterocycles. The number of nitrogens with one attached hydrogen (secondary N) is 1. The van der Waals surface area contributed by atoms with Crippen molar-refractivity contribution in [3.05, 3.63) is 62.4 Å². The van der Waals surface area contributed by atoms with E-state index in [1.165, 1.54) is 49.0 Å². The van der Waals surface area contributed by atoms with Crippen LogP contribution in [0.2, 0.25) is 0 Å². The minimum absolute atomic E-state index is 0.220. The standard InChI is InChI=1S/C15H16N4O5/c1-18-11(7-12(20)19(2)15(18)23)8-24-13(21)9-3-5-10(6-4-9)17-14(16)22/h3-7H,8H2,1-2H3,(H3,16,17,22). The second-order valence-electron chi connectivity index (χ2n) is 5.02. The van der Waals surface area contributed by atoms with Crippen molar-refractivity contribution in [1.29, 1.82) is 0 Å². The van der Waals surface area contributed by atoms with Gasteiger partial charge in [0, 0.05) is 25.8 Å². The molecule has 2 rings (SSSR count). The molecule has 0 bridgehead atoms. The fourth-order valence-corrected chi connectivity index (χ4v) is 1.97. The lowest BCUT2D eigenvalue weighted by molar-refractivity contribution is 0.0462. The zero-order valence-corrected chi connectivity index (χ0v) is 13.1. The number of aromatic nitrogens is 2. The minimum atomic E-state index is -0.711. The summed E-state index contributed by atoms with van der Waals surface area (Å²) in [5.74, 6) is -0.631. The Labute approximate surface area is 136 Å². The fourth-order valence-electron chi connectivity index (χ4n) is 1.97. The molecule has 9 heteroatoms. The summed E-state index contributed by atoms with van der Waals surface area (Å²) in [6.07, 6.45) is 0. The first-order valence-corrected chi connectivity index (χ1v) is 6.89. The van der Waals surface area contributed by atoms with Gasteiger partial charge >= 0.3 is 17.7 Å². The summed E-state index contributed by atoms with van der Waals surface area (Å²) in [7, 11) is 2.84. The van der Waals surface area contributed by atoms with Gasteiger partial charge in [-0.15, -0.1) is 0 Å². The van der Waals surface area contributed by atoms with Crippen molar-refractivity contribution < 1.29 is 14.3 Å². The van der Waals surface area contributed by atoms with Crippen LogP contribution in [0.4, 0.5) is 10.5 Å². The van der Waals surface area contributed by atoms with Gasteiger partial charge in [-0.3, -0.25) is 13.9 Å². The molecule has 0 unspecified atom stereocenters. The lowest BCUT2D eigenvalue weighted by Gasteiger charge is -2.10. The molecule has 0 atom stereocenters. The number of amides is 2. The maximum absolute atomic E-state index is 12.0. The molecule has 1 aromatic carbocycles. The average Bonchev–Trinajstić information content (AvgIpc) is 2.55. The molecule has 0 aliphatic carbocycles. The van der Waals surface area contributed by atoms with Crippen molar-refractivity contribution in [3.63, 3.8) is 0 Å². The SMILES string of the molecule is Cn1c(COC(=O)c2ccc(NC(N)=O)cc2)cc(=O)n(C)c1=O. The van der Waals surface area contributed by atoms with Crippen LogP contribution < -0.4 is 22.3 Å². The highest BCUT2D eigenvalue weighted by Gasteiger charge is 2.11. The topological polar surface area (TPSA) is 125 Å². The van der Waals surface area contributed by atoms with Gasteiger partial charge in [0.05, 0.1) is 11.3 Å². The smallest absolute Gasteiger partial charge is 0.338 e. The lowest BCUT2D eigenvalue weighted by Crippen LogP contribution is -2.38. The molecule has 0 aliphatic rings. The first-order chi connectivity index (χ1) is 11.3. The molecular weight excluding hydrogens is 316 g/mol. The molecule has 9 nitrogen and oxygen atoms in total. The van der Waals surface area contributed by atoms with Crippen LogP contribution in [-0.2, 0) is 25.4 Å². The number of primary amides is 1. The van der Waals surface area contributed by atoms with E-state index in [2.05, 4.69) is 5.32 Å². The first kappa shape index (κ1) is 17.0. The fraction of sp³-hybridized carbons (Fsp3) is 0.200. The zero-order chi connectivity index (χ0) is 17.9. The van der Waals surface area contributed by atoms with Crippen LogP contribution in [-0.4, -0.2) is 21.1 Å². The van der Waals surface area contributed by atoms with Gasteiger partial charge in [0.2, 0.25) is 0 Å². The summed E-state index contributed by atoms with van der Waals surface area (Å²) < 4.78 is 7.29. The van der Waals surface area contributed by atoms with Gasteiger partial charge in [0.25, 0.3) is 5.56 Å². The molecular formula is C15H16N4O5. The highest BCUT2D eigenvalue weighted by atomic mass is 16.5. The number of carbonyl (C=O) groups excluding carboxylic acids is 2. The van der Waals surface area contributed by atoms with E-state index in [9.17, 15) is 19.2 Å². The van der Waals surface area contributed by atoms with Gasteiger partial charge in [-0.25, -0.2) is 14.4 Å². The van der Waals surface area contributed by atoms with E-state index in [1.54, 1.807) is 0 Å². The van der Waals surface area contributed by atoms with Gasteiger partial charge in [0.1, 0.15) is 6.61 Å². The summed E-state index contributed by atoms with van der Waals surface area (Å²) in [5, 5.41) is 2.37. The largest absolute Gasteiger partial charge is 0.456 e. The maximum Gasteiger partial charge on any atom is 0.338 e. The number of hydrogen-bond donors (Lipinski definition) is 2. The van der Waals surface area contributed by atoms with E-state index in [-0.39, 0.29) is 17.9 Å². The quantitative estimate of drug-likeness (QED) is 0.758. The molecule has 24 heavy (non-hydrogen) atoms. The number of carbonyl (C=O) groups is 2. The number of hydrogen-bond acceptors (Lipinski definition) is 5. The maximum atomic E-state index is 12.0. The number of nitrogens with zero attached hydrogens (tertiary/aromatic N) is 2. The summed E-state index contributed by atoms with van der Waals surface area (Å²) in [4.78, 5) is 46.1. The molecule has 126 valence electrons. The normalized spacial score (nSPS) is 10.2. The molecule has 0 radical (unpaired) electrons. The average molecular weight is 332 g/mol. The number of nitrogens with two attached hydrogens (primary N) is 1. The van der Waals surface area contributed by atoms with E-state index in [1.807, 2.05) is 0 Å². The van der Waals surface area contributed by atoms with Crippen molar-refractivity contribution in [2.24, 2.45) is 19.8 Å². The van der Waals surface area contributed by atoms with Crippen molar-refractivity contribution in [3.8, 4) is 0 Å². The summed E-state index contributed by atoms with van der Waals surface area (Å²) in [6.45, 7) is -0.220. The Bertz CT molecular complexity index is 896. The number of benzene rings is 1.